The SMILES string of the molecule is COC(=O)C1CC(NCC2CCC2)CN(C(C)C2CC2)C1. The van der Waals surface area contributed by atoms with E-state index in [2.05, 4.69) is 17.1 Å². The first-order chi connectivity index (χ1) is 10.2. The molecule has 0 aromatic heterocycles. The number of esters is 1. The number of carbonyl (C=O) groups excluding carboxylic acids is 1. The van der Waals surface area contributed by atoms with Gasteiger partial charge in [0.05, 0.1) is 13.0 Å². The zero-order valence-electron chi connectivity index (χ0n) is 13.5. The first-order valence-electron chi connectivity index (χ1n) is 8.72. The molecule has 4 nitrogen and oxygen atoms in total. The van der Waals surface area contributed by atoms with Gasteiger partial charge in [0.15, 0.2) is 0 Å². The highest BCUT2D eigenvalue weighted by Gasteiger charge is 2.39. The number of ether oxygens (including phenoxy) is 1. The van der Waals surface area contributed by atoms with Crippen LogP contribution in [-0.2, 0) is 9.53 Å². The smallest absolute Gasteiger partial charge is 0.310 e. The Bertz CT molecular complexity index is 366. The monoisotopic (exact) mass is 294 g/mol. The van der Waals surface area contributed by atoms with Gasteiger partial charge in [-0.2, -0.15) is 0 Å². The molecule has 3 rings (SSSR count). The summed E-state index contributed by atoms with van der Waals surface area (Å²) in [4.78, 5) is 14.5. The fourth-order valence-corrected chi connectivity index (χ4v) is 3.86. The Morgan fingerprint density at radius 3 is 2.62 bits per heavy atom. The molecule has 0 radical (unpaired) electrons. The number of nitrogens with zero attached hydrogens (tertiary/aromatic N) is 1. The molecule has 0 aromatic carbocycles. The van der Waals surface area contributed by atoms with E-state index in [1.807, 2.05) is 0 Å². The van der Waals surface area contributed by atoms with Crippen LogP contribution in [0.5, 0.6) is 0 Å². The van der Waals surface area contributed by atoms with Crippen LogP contribution in [0, 0.1) is 17.8 Å². The first-order valence-corrected chi connectivity index (χ1v) is 8.72. The predicted octanol–water partition coefficient (Wildman–Crippen LogP) is 2.04. The summed E-state index contributed by atoms with van der Waals surface area (Å²) < 4.78 is 5.01. The number of hydrogen-bond acceptors (Lipinski definition) is 4. The minimum absolute atomic E-state index is 0.0295. The van der Waals surface area contributed by atoms with E-state index in [-0.39, 0.29) is 11.9 Å². The fourth-order valence-electron chi connectivity index (χ4n) is 3.86. The lowest BCUT2D eigenvalue weighted by Crippen LogP contribution is -2.54. The second kappa shape index (κ2) is 6.66. The molecule has 0 amide bonds. The lowest BCUT2D eigenvalue weighted by molar-refractivity contribution is -0.148. The number of piperidine rings is 1. The third kappa shape index (κ3) is 3.78. The summed E-state index contributed by atoms with van der Waals surface area (Å²) >= 11 is 0. The Balaban J connectivity index is 1.56. The van der Waals surface area contributed by atoms with E-state index in [4.69, 9.17) is 4.74 Å². The van der Waals surface area contributed by atoms with Crippen molar-refractivity contribution in [3.63, 3.8) is 0 Å². The highest BCUT2D eigenvalue weighted by molar-refractivity contribution is 5.72. The Morgan fingerprint density at radius 1 is 1.29 bits per heavy atom. The van der Waals surface area contributed by atoms with E-state index in [1.54, 1.807) is 0 Å². The van der Waals surface area contributed by atoms with Crippen molar-refractivity contribution in [2.45, 2.75) is 57.5 Å². The molecular weight excluding hydrogens is 264 g/mol. The minimum Gasteiger partial charge on any atom is -0.469 e. The van der Waals surface area contributed by atoms with Crippen molar-refractivity contribution >= 4 is 5.97 Å². The largest absolute Gasteiger partial charge is 0.469 e. The van der Waals surface area contributed by atoms with E-state index in [1.165, 1.54) is 39.2 Å². The standard InChI is InChI=1S/C17H30N2O2/c1-12(14-6-7-14)19-10-15(17(20)21-2)8-16(11-19)18-9-13-4-3-5-13/h12-16,18H,3-11H2,1-2H3. The van der Waals surface area contributed by atoms with Crippen molar-refractivity contribution in [3.05, 3.63) is 0 Å². The van der Waals surface area contributed by atoms with Gasteiger partial charge in [0.1, 0.15) is 0 Å². The summed E-state index contributed by atoms with van der Waals surface area (Å²) in [6.45, 7) is 5.44. The number of rotatable bonds is 6. The topological polar surface area (TPSA) is 41.6 Å². The van der Waals surface area contributed by atoms with Gasteiger partial charge in [-0.3, -0.25) is 9.69 Å². The van der Waals surface area contributed by atoms with Crippen LogP contribution in [0.4, 0.5) is 0 Å². The van der Waals surface area contributed by atoms with Crippen molar-refractivity contribution in [2.24, 2.45) is 17.8 Å². The third-order valence-corrected chi connectivity index (χ3v) is 5.81. The Morgan fingerprint density at radius 2 is 2.05 bits per heavy atom. The van der Waals surface area contributed by atoms with Crippen LogP contribution in [0.15, 0.2) is 0 Å². The molecule has 0 spiro atoms. The summed E-state index contributed by atoms with van der Waals surface area (Å²) in [5.74, 6) is 1.74. The molecule has 120 valence electrons. The van der Waals surface area contributed by atoms with Crippen molar-refractivity contribution in [3.8, 4) is 0 Å². The third-order valence-electron chi connectivity index (χ3n) is 5.81. The van der Waals surface area contributed by atoms with Crippen LogP contribution in [0.25, 0.3) is 0 Å². The van der Waals surface area contributed by atoms with Crippen molar-refractivity contribution in [2.75, 3.05) is 26.7 Å². The van der Waals surface area contributed by atoms with E-state index in [0.29, 0.717) is 12.1 Å². The molecule has 1 N–H and O–H groups in total. The van der Waals surface area contributed by atoms with Gasteiger partial charge in [-0.15, -0.1) is 0 Å². The number of likely N-dealkylation sites (tertiary alicyclic amines) is 1. The minimum atomic E-state index is -0.0295. The molecule has 3 atom stereocenters. The molecule has 2 aliphatic carbocycles. The van der Waals surface area contributed by atoms with Gasteiger partial charge in [-0.1, -0.05) is 6.42 Å². The van der Waals surface area contributed by atoms with Crippen LogP contribution < -0.4 is 5.32 Å². The van der Waals surface area contributed by atoms with E-state index in [9.17, 15) is 4.79 Å². The fraction of sp³-hybridized carbons (Fsp3) is 0.941. The maximum Gasteiger partial charge on any atom is 0.310 e. The van der Waals surface area contributed by atoms with Crippen LogP contribution in [-0.4, -0.2) is 49.7 Å². The molecular formula is C17H30N2O2. The zero-order valence-corrected chi connectivity index (χ0v) is 13.5. The average Bonchev–Trinajstić information content (AvgIpc) is 3.28. The van der Waals surface area contributed by atoms with E-state index >= 15 is 0 Å². The molecule has 21 heavy (non-hydrogen) atoms. The second-order valence-electron chi connectivity index (χ2n) is 7.39. The normalized spacial score (nSPS) is 32.5. The van der Waals surface area contributed by atoms with Gasteiger partial charge in [0.2, 0.25) is 0 Å². The molecule has 4 heteroatoms. The zero-order chi connectivity index (χ0) is 14.8. The molecule has 3 aliphatic rings. The lowest BCUT2D eigenvalue weighted by atomic mass is 9.85. The number of methoxy groups -OCH3 is 1. The Kier molecular flexibility index (Phi) is 4.85. The van der Waals surface area contributed by atoms with Crippen LogP contribution in [0.1, 0.15) is 45.4 Å². The van der Waals surface area contributed by atoms with Gasteiger partial charge in [-0.05, 0) is 57.4 Å². The van der Waals surface area contributed by atoms with E-state index < -0.39 is 0 Å². The average molecular weight is 294 g/mol. The van der Waals surface area contributed by atoms with Gasteiger partial charge in [0.25, 0.3) is 0 Å². The number of carbonyl (C=O) groups is 1. The molecule has 3 unspecified atom stereocenters. The summed E-state index contributed by atoms with van der Waals surface area (Å²) in [6, 6.07) is 1.06. The lowest BCUT2D eigenvalue weighted by Gasteiger charge is -2.41. The van der Waals surface area contributed by atoms with Crippen molar-refractivity contribution in [1.82, 2.24) is 10.2 Å². The molecule has 1 saturated heterocycles. The Labute approximate surface area is 128 Å². The van der Waals surface area contributed by atoms with Gasteiger partial charge < -0.3 is 10.1 Å². The first kappa shape index (κ1) is 15.3. The Hall–Kier alpha value is -0.610. The summed E-state index contributed by atoms with van der Waals surface area (Å²) in [6.07, 6.45) is 7.81. The maximum atomic E-state index is 12.0. The molecule has 0 bridgehead atoms. The molecule has 3 fully saturated rings. The highest BCUT2D eigenvalue weighted by Crippen LogP contribution is 2.36. The highest BCUT2D eigenvalue weighted by atomic mass is 16.5. The number of nitrogens with one attached hydrogen (secondary N) is 1. The number of hydrogen-bond donors (Lipinski definition) is 1. The molecule has 0 aromatic rings. The quantitative estimate of drug-likeness (QED) is 0.761. The predicted molar refractivity (Wildman–Crippen MR) is 83.0 cm³/mol. The van der Waals surface area contributed by atoms with Gasteiger partial charge >= 0.3 is 5.97 Å². The molecule has 2 saturated carbocycles. The van der Waals surface area contributed by atoms with Crippen LogP contribution in [0.3, 0.4) is 0 Å². The van der Waals surface area contributed by atoms with Crippen LogP contribution in [0.2, 0.25) is 0 Å². The molecule has 1 aliphatic heterocycles. The van der Waals surface area contributed by atoms with Gasteiger partial charge in [-0.25, -0.2) is 0 Å². The summed E-state index contributed by atoms with van der Waals surface area (Å²) in [7, 11) is 1.52. The van der Waals surface area contributed by atoms with Crippen LogP contribution >= 0.6 is 0 Å². The summed E-state index contributed by atoms with van der Waals surface area (Å²) in [5.41, 5.74) is 0. The van der Waals surface area contributed by atoms with Crippen molar-refractivity contribution < 1.29 is 9.53 Å². The maximum absolute atomic E-state index is 12.0. The summed E-state index contributed by atoms with van der Waals surface area (Å²) in [5, 5.41) is 3.73. The second-order valence-corrected chi connectivity index (χ2v) is 7.39. The van der Waals surface area contributed by atoms with Crippen molar-refractivity contribution in [1.29, 1.82) is 0 Å². The van der Waals surface area contributed by atoms with E-state index in [0.717, 1.165) is 37.9 Å². The molecule has 1 heterocycles. The van der Waals surface area contributed by atoms with Gasteiger partial charge in [0, 0.05) is 25.2 Å².